The molecule has 26 heavy (non-hydrogen) atoms. The number of rotatable bonds is 5. The van der Waals surface area contributed by atoms with Crippen molar-refractivity contribution >= 4 is 29.9 Å². The van der Waals surface area contributed by atoms with Gasteiger partial charge in [-0.25, -0.2) is 9.67 Å². The number of aromatic nitrogens is 4. The summed E-state index contributed by atoms with van der Waals surface area (Å²) in [5.41, 5.74) is 2.01. The molecule has 0 amide bonds. The maximum Gasteiger partial charge on any atom is 0.191 e. The third kappa shape index (κ3) is 5.37. The van der Waals surface area contributed by atoms with Gasteiger partial charge in [-0.05, 0) is 25.5 Å². The first-order chi connectivity index (χ1) is 12.2. The molecule has 2 aromatic heterocycles. The van der Waals surface area contributed by atoms with Crippen LogP contribution in [-0.2, 0) is 30.9 Å². The molecule has 0 saturated heterocycles. The molecule has 142 valence electrons. The maximum atomic E-state index is 5.11. The predicted octanol–water partition coefficient (Wildman–Crippen LogP) is 1.43. The van der Waals surface area contributed by atoms with Gasteiger partial charge in [0.25, 0.3) is 0 Å². The van der Waals surface area contributed by atoms with E-state index in [9.17, 15) is 0 Å². The van der Waals surface area contributed by atoms with Gasteiger partial charge in [-0.15, -0.1) is 24.0 Å². The van der Waals surface area contributed by atoms with Crippen molar-refractivity contribution in [1.82, 2.24) is 30.4 Å². The van der Waals surface area contributed by atoms with E-state index < -0.39 is 0 Å². The van der Waals surface area contributed by atoms with Crippen LogP contribution in [-0.4, -0.2) is 45.9 Å². The largest absolute Gasteiger partial charge is 0.377 e. The molecule has 1 unspecified atom stereocenters. The zero-order chi connectivity index (χ0) is 17.6. The van der Waals surface area contributed by atoms with Crippen LogP contribution in [0.3, 0.4) is 0 Å². The molecule has 0 radical (unpaired) electrons. The van der Waals surface area contributed by atoms with Gasteiger partial charge in [-0.3, -0.25) is 9.98 Å². The summed E-state index contributed by atoms with van der Waals surface area (Å²) in [7, 11) is 3.43. The smallest absolute Gasteiger partial charge is 0.191 e. The number of aryl methyl sites for hydroxylation is 2. The third-order valence-electron chi connectivity index (χ3n) is 4.12. The molecule has 2 N–H and O–H groups in total. The fraction of sp³-hybridized carbons (Fsp3) is 0.529. The van der Waals surface area contributed by atoms with Crippen LogP contribution >= 0.6 is 24.0 Å². The Morgan fingerprint density at radius 3 is 2.96 bits per heavy atom. The van der Waals surface area contributed by atoms with Crippen molar-refractivity contribution in [3.63, 3.8) is 0 Å². The highest BCUT2D eigenvalue weighted by Gasteiger charge is 2.22. The number of hydrogen-bond donors (Lipinski definition) is 2. The summed E-state index contributed by atoms with van der Waals surface area (Å²) >= 11 is 0. The molecular weight excluding hydrogens is 445 g/mol. The Labute approximate surface area is 170 Å². The first-order valence-electron chi connectivity index (χ1n) is 8.49. The zero-order valence-electron chi connectivity index (χ0n) is 15.4. The van der Waals surface area contributed by atoms with Crippen LogP contribution in [0.1, 0.15) is 29.5 Å². The molecule has 1 aliphatic rings. The molecular formula is C17H26IN7O. The Kier molecular flexibility index (Phi) is 7.76. The lowest BCUT2D eigenvalue weighted by molar-refractivity contribution is 0.177. The molecule has 0 aromatic carbocycles. The molecule has 2 aromatic rings. The summed E-state index contributed by atoms with van der Waals surface area (Å²) in [5, 5.41) is 11.3. The van der Waals surface area contributed by atoms with Crippen LogP contribution in [0.4, 0.5) is 0 Å². The van der Waals surface area contributed by atoms with Gasteiger partial charge in [0.2, 0.25) is 0 Å². The minimum atomic E-state index is 0. The van der Waals surface area contributed by atoms with Crippen molar-refractivity contribution < 1.29 is 4.74 Å². The standard InChI is InChI=1S/C17H25N7O.HI/c1-12-5-4-6-13(20-12)9-19-17(18-2)21-14-7-8-16-22-15(11-25-3)23-24(16)10-14;/h4-6,14H,7-11H2,1-3H3,(H2,18,19,21);1H. The minimum Gasteiger partial charge on any atom is -0.377 e. The average Bonchev–Trinajstić information content (AvgIpc) is 3.00. The maximum absolute atomic E-state index is 5.11. The molecule has 0 fully saturated rings. The Bertz CT molecular complexity index is 746. The Morgan fingerprint density at radius 1 is 1.38 bits per heavy atom. The number of nitrogens with zero attached hydrogens (tertiary/aromatic N) is 5. The second-order valence-electron chi connectivity index (χ2n) is 6.14. The summed E-state index contributed by atoms with van der Waals surface area (Å²) in [6.07, 6.45) is 1.89. The van der Waals surface area contributed by atoms with E-state index in [1.54, 1.807) is 14.2 Å². The number of fused-ring (bicyclic) bond motifs is 1. The molecule has 0 saturated carbocycles. The molecule has 8 nitrogen and oxygen atoms in total. The minimum absolute atomic E-state index is 0. The summed E-state index contributed by atoms with van der Waals surface area (Å²) < 4.78 is 7.07. The van der Waals surface area contributed by atoms with Crippen molar-refractivity contribution in [3.8, 4) is 0 Å². The molecule has 0 aliphatic carbocycles. The van der Waals surface area contributed by atoms with Crippen molar-refractivity contribution in [1.29, 1.82) is 0 Å². The monoisotopic (exact) mass is 471 g/mol. The number of nitrogens with one attached hydrogen (secondary N) is 2. The normalized spacial score (nSPS) is 16.6. The first kappa shape index (κ1) is 20.6. The van der Waals surface area contributed by atoms with E-state index in [2.05, 4.69) is 30.7 Å². The van der Waals surface area contributed by atoms with Crippen molar-refractivity contribution in [2.24, 2.45) is 4.99 Å². The van der Waals surface area contributed by atoms with Gasteiger partial charge < -0.3 is 15.4 Å². The highest BCUT2D eigenvalue weighted by atomic mass is 127. The van der Waals surface area contributed by atoms with E-state index in [0.29, 0.717) is 13.2 Å². The molecule has 0 spiro atoms. The number of hydrogen-bond acceptors (Lipinski definition) is 5. The summed E-state index contributed by atoms with van der Waals surface area (Å²) in [4.78, 5) is 13.3. The molecule has 9 heteroatoms. The second kappa shape index (κ2) is 9.81. The Balaban J connectivity index is 0.00000243. The van der Waals surface area contributed by atoms with Crippen LogP contribution in [0.2, 0.25) is 0 Å². The highest BCUT2D eigenvalue weighted by molar-refractivity contribution is 14.0. The van der Waals surface area contributed by atoms with Gasteiger partial charge >= 0.3 is 0 Å². The van der Waals surface area contributed by atoms with E-state index in [0.717, 1.165) is 48.4 Å². The predicted molar refractivity (Wildman–Crippen MR) is 111 cm³/mol. The quantitative estimate of drug-likeness (QED) is 0.390. The van der Waals surface area contributed by atoms with Gasteiger partial charge in [0.05, 0.1) is 18.8 Å². The van der Waals surface area contributed by atoms with Crippen LogP contribution in [0, 0.1) is 6.92 Å². The van der Waals surface area contributed by atoms with Gasteiger partial charge in [-0.1, -0.05) is 6.07 Å². The fourth-order valence-electron chi connectivity index (χ4n) is 2.93. The molecule has 1 atom stereocenters. The number of ether oxygens (including phenoxy) is 1. The van der Waals surface area contributed by atoms with Crippen LogP contribution in [0.5, 0.6) is 0 Å². The number of halogens is 1. The summed E-state index contributed by atoms with van der Waals surface area (Å²) in [5.74, 6) is 2.54. The Hall–Kier alpha value is -1.75. The lowest BCUT2D eigenvalue weighted by Gasteiger charge is -2.25. The van der Waals surface area contributed by atoms with E-state index >= 15 is 0 Å². The summed E-state index contributed by atoms with van der Waals surface area (Å²) in [6, 6.07) is 6.28. The van der Waals surface area contributed by atoms with Gasteiger partial charge in [0.1, 0.15) is 12.4 Å². The van der Waals surface area contributed by atoms with Crippen LogP contribution in [0.15, 0.2) is 23.2 Å². The van der Waals surface area contributed by atoms with Gasteiger partial charge in [0, 0.05) is 32.3 Å². The zero-order valence-corrected chi connectivity index (χ0v) is 17.7. The average molecular weight is 471 g/mol. The van der Waals surface area contributed by atoms with Crippen molar-refractivity contribution in [3.05, 3.63) is 41.2 Å². The van der Waals surface area contributed by atoms with Crippen molar-refractivity contribution in [2.75, 3.05) is 14.2 Å². The molecule has 0 bridgehead atoms. The topological polar surface area (TPSA) is 89.2 Å². The number of aliphatic imine (C=N–C) groups is 1. The third-order valence-corrected chi connectivity index (χ3v) is 4.12. The molecule has 3 heterocycles. The summed E-state index contributed by atoms with van der Waals surface area (Å²) in [6.45, 7) is 3.85. The SMILES string of the molecule is CN=C(NCc1cccc(C)n1)NC1CCc2nc(COC)nn2C1.I. The van der Waals surface area contributed by atoms with E-state index in [1.807, 2.05) is 29.8 Å². The number of guanidine groups is 1. The molecule has 1 aliphatic heterocycles. The second-order valence-corrected chi connectivity index (χ2v) is 6.14. The molecule has 3 rings (SSSR count). The lowest BCUT2D eigenvalue weighted by atomic mass is 10.1. The number of pyridine rings is 1. The van der Waals surface area contributed by atoms with Gasteiger partial charge in [0.15, 0.2) is 11.8 Å². The van der Waals surface area contributed by atoms with E-state index in [-0.39, 0.29) is 30.0 Å². The lowest BCUT2D eigenvalue weighted by Crippen LogP contribution is -2.46. The highest BCUT2D eigenvalue weighted by Crippen LogP contribution is 2.13. The number of methoxy groups -OCH3 is 1. The van der Waals surface area contributed by atoms with E-state index in [1.165, 1.54) is 0 Å². The van der Waals surface area contributed by atoms with Crippen LogP contribution < -0.4 is 10.6 Å². The van der Waals surface area contributed by atoms with E-state index in [4.69, 9.17) is 4.74 Å². The van der Waals surface area contributed by atoms with Crippen molar-refractivity contribution in [2.45, 2.75) is 45.5 Å². The fourth-order valence-corrected chi connectivity index (χ4v) is 2.93. The van der Waals surface area contributed by atoms with Gasteiger partial charge in [-0.2, -0.15) is 5.10 Å². The Morgan fingerprint density at radius 2 is 2.23 bits per heavy atom. The first-order valence-corrected chi connectivity index (χ1v) is 8.49. The van der Waals surface area contributed by atoms with Crippen LogP contribution in [0.25, 0.3) is 0 Å².